The van der Waals surface area contributed by atoms with Crippen LogP contribution in [0.15, 0.2) is 30.3 Å². The molecule has 2 rings (SSSR count). The lowest BCUT2D eigenvalue weighted by Crippen LogP contribution is -2.41. The summed E-state index contributed by atoms with van der Waals surface area (Å²) in [4.78, 5) is 14.0. The molecule has 0 unspecified atom stereocenters. The molecular weight excluding hydrogens is 200 g/mol. The van der Waals surface area contributed by atoms with Crippen LogP contribution in [0.25, 0.3) is 0 Å². The first kappa shape index (κ1) is 11.0. The Morgan fingerprint density at radius 2 is 1.94 bits per heavy atom. The van der Waals surface area contributed by atoms with Gasteiger partial charge in [0.25, 0.3) is 0 Å². The van der Waals surface area contributed by atoms with E-state index in [1.54, 1.807) is 0 Å². The molecule has 1 aromatic carbocycles. The normalized spacial score (nSPS) is 14.9. The van der Waals surface area contributed by atoms with Gasteiger partial charge in [-0.25, -0.2) is 4.79 Å². The molecule has 2 amide bonds. The Morgan fingerprint density at radius 3 is 2.44 bits per heavy atom. The molecule has 86 valence electrons. The van der Waals surface area contributed by atoms with Gasteiger partial charge in [0.15, 0.2) is 0 Å². The van der Waals surface area contributed by atoms with E-state index in [9.17, 15) is 4.79 Å². The summed E-state index contributed by atoms with van der Waals surface area (Å²) in [6.07, 6.45) is 2.28. The van der Waals surface area contributed by atoms with Gasteiger partial charge in [-0.2, -0.15) is 0 Å². The summed E-state index contributed by atoms with van der Waals surface area (Å²) in [5, 5.41) is 2.93. The van der Waals surface area contributed by atoms with Crippen LogP contribution in [-0.2, 0) is 0 Å². The number of amides is 2. The van der Waals surface area contributed by atoms with Gasteiger partial charge in [-0.05, 0) is 38.8 Å². The quantitative estimate of drug-likeness (QED) is 0.830. The Bertz CT molecular complexity index is 355. The predicted octanol–water partition coefficient (Wildman–Crippen LogP) is 3.09. The lowest BCUT2D eigenvalue weighted by Gasteiger charge is -2.26. The number of anilines is 1. The SMILES string of the molecule is CC(C)N(C(=O)Nc1ccccc1)C1CC1. The van der Waals surface area contributed by atoms with Crippen molar-refractivity contribution in [3.8, 4) is 0 Å². The first-order valence-corrected chi connectivity index (χ1v) is 5.83. The summed E-state index contributed by atoms with van der Waals surface area (Å²) in [6.45, 7) is 4.12. The van der Waals surface area contributed by atoms with Gasteiger partial charge in [0.1, 0.15) is 0 Å². The van der Waals surface area contributed by atoms with Crippen LogP contribution in [0, 0.1) is 0 Å². The van der Waals surface area contributed by atoms with Crippen LogP contribution in [0.2, 0.25) is 0 Å². The van der Waals surface area contributed by atoms with Crippen LogP contribution < -0.4 is 5.32 Å². The van der Waals surface area contributed by atoms with Crippen LogP contribution in [-0.4, -0.2) is 23.0 Å². The molecule has 0 saturated heterocycles. The van der Waals surface area contributed by atoms with Crippen molar-refractivity contribution >= 4 is 11.7 Å². The standard InChI is InChI=1S/C13H18N2O/c1-10(2)15(12-8-9-12)13(16)14-11-6-4-3-5-7-11/h3-7,10,12H,8-9H2,1-2H3,(H,14,16). The van der Waals surface area contributed by atoms with Gasteiger partial charge >= 0.3 is 6.03 Å². The zero-order chi connectivity index (χ0) is 11.5. The largest absolute Gasteiger partial charge is 0.322 e. The second-order valence-electron chi connectivity index (χ2n) is 4.53. The van der Waals surface area contributed by atoms with E-state index in [-0.39, 0.29) is 12.1 Å². The molecule has 0 radical (unpaired) electrons. The zero-order valence-electron chi connectivity index (χ0n) is 9.81. The van der Waals surface area contributed by atoms with Crippen molar-refractivity contribution in [3.63, 3.8) is 0 Å². The summed E-state index contributed by atoms with van der Waals surface area (Å²) < 4.78 is 0. The van der Waals surface area contributed by atoms with E-state index in [1.807, 2.05) is 35.2 Å². The number of urea groups is 1. The van der Waals surface area contributed by atoms with Crippen molar-refractivity contribution in [2.75, 3.05) is 5.32 Å². The van der Waals surface area contributed by atoms with Crippen LogP contribution in [0.3, 0.4) is 0 Å². The molecule has 0 bridgehead atoms. The number of carbonyl (C=O) groups is 1. The van der Waals surface area contributed by atoms with E-state index in [4.69, 9.17) is 0 Å². The van der Waals surface area contributed by atoms with Crippen LogP contribution in [0.5, 0.6) is 0 Å². The van der Waals surface area contributed by atoms with E-state index in [0.29, 0.717) is 6.04 Å². The molecular formula is C13H18N2O. The van der Waals surface area contributed by atoms with Gasteiger partial charge < -0.3 is 10.2 Å². The van der Waals surface area contributed by atoms with Crippen molar-refractivity contribution < 1.29 is 4.79 Å². The van der Waals surface area contributed by atoms with Gasteiger partial charge in [0, 0.05) is 17.8 Å². The molecule has 1 aromatic rings. The maximum absolute atomic E-state index is 12.1. The summed E-state index contributed by atoms with van der Waals surface area (Å²) >= 11 is 0. The molecule has 0 aromatic heterocycles. The molecule has 3 nitrogen and oxygen atoms in total. The molecule has 3 heteroatoms. The molecule has 1 N–H and O–H groups in total. The fourth-order valence-electron chi connectivity index (χ4n) is 1.88. The highest BCUT2D eigenvalue weighted by Crippen LogP contribution is 2.29. The lowest BCUT2D eigenvalue weighted by molar-refractivity contribution is 0.193. The first-order valence-electron chi connectivity index (χ1n) is 5.83. The van der Waals surface area contributed by atoms with Crippen molar-refractivity contribution in [2.24, 2.45) is 0 Å². The molecule has 0 spiro atoms. The second-order valence-corrected chi connectivity index (χ2v) is 4.53. The monoisotopic (exact) mass is 218 g/mol. The summed E-state index contributed by atoms with van der Waals surface area (Å²) in [5.74, 6) is 0. The van der Waals surface area contributed by atoms with Crippen LogP contribution >= 0.6 is 0 Å². The van der Waals surface area contributed by atoms with Crippen LogP contribution in [0.4, 0.5) is 10.5 Å². The third-order valence-electron chi connectivity index (χ3n) is 2.76. The molecule has 1 aliphatic rings. The Morgan fingerprint density at radius 1 is 1.31 bits per heavy atom. The molecule has 0 atom stereocenters. The summed E-state index contributed by atoms with van der Waals surface area (Å²) in [7, 11) is 0. The van der Waals surface area contributed by atoms with Gasteiger partial charge in [-0.1, -0.05) is 18.2 Å². The van der Waals surface area contributed by atoms with Crippen molar-refractivity contribution in [1.29, 1.82) is 0 Å². The zero-order valence-corrected chi connectivity index (χ0v) is 9.81. The highest BCUT2D eigenvalue weighted by molar-refractivity contribution is 5.89. The topological polar surface area (TPSA) is 32.3 Å². The third kappa shape index (κ3) is 2.54. The van der Waals surface area contributed by atoms with Gasteiger partial charge in [-0.15, -0.1) is 0 Å². The molecule has 1 aliphatic carbocycles. The smallest absolute Gasteiger partial charge is 0.319 e. The molecule has 16 heavy (non-hydrogen) atoms. The number of carbonyl (C=O) groups excluding carboxylic acids is 1. The molecule has 0 heterocycles. The summed E-state index contributed by atoms with van der Waals surface area (Å²) in [5.41, 5.74) is 0.860. The number of para-hydroxylation sites is 1. The maximum atomic E-state index is 12.1. The molecule has 1 fully saturated rings. The highest BCUT2D eigenvalue weighted by atomic mass is 16.2. The lowest BCUT2D eigenvalue weighted by atomic mass is 10.3. The maximum Gasteiger partial charge on any atom is 0.322 e. The predicted molar refractivity (Wildman–Crippen MR) is 65.5 cm³/mol. The Balaban J connectivity index is 2.01. The minimum atomic E-state index is 0.0173. The molecule has 1 saturated carbocycles. The van der Waals surface area contributed by atoms with Gasteiger partial charge in [-0.3, -0.25) is 0 Å². The van der Waals surface area contributed by atoms with E-state index < -0.39 is 0 Å². The Hall–Kier alpha value is -1.51. The molecule has 0 aliphatic heterocycles. The number of hydrogen-bond acceptors (Lipinski definition) is 1. The summed E-state index contributed by atoms with van der Waals surface area (Å²) in [6, 6.07) is 10.3. The number of rotatable bonds is 3. The number of nitrogens with zero attached hydrogens (tertiary/aromatic N) is 1. The van der Waals surface area contributed by atoms with E-state index >= 15 is 0 Å². The average Bonchev–Trinajstić information content (AvgIpc) is 3.03. The van der Waals surface area contributed by atoms with Gasteiger partial charge in [0.2, 0.25) is 0 Å². The number of hydrogen-bond donors (Lipinski definition) is 1. The van der Waals surface area contributed by atoms with Crippen molar-refractivity contribution in [1.82, 2.24) is 4.90 Å². The van der Waals surface area contributed by atoms with Crippen molar-refractivity contribution in [2.45, 2.75) is 38.8 Å². The second kappa shape index (κ2) is 4.56. The number of nitrogens with one attached hydrogen (secondary N) is 1. The fraction of sp³-hybridized carbons (Fsp3) is 0.462. The van der Waals surface area contributed by atoms with Crippen molar-refractivity contribution in [3.05, 3.63) is 30.3 Å². The third-order valence-corrected chi connectivity index (χ3v) is 2.76. The minimum Gasteiger partial charge on any atom is -0.319 e. The minimum absolute atomic E-state index is 0.0173. The highest BCUT2D eigenvalue weighted by Gasteiger charge is 2.34. The van der Waals surface area contributed by atoms with E-state index in [1.165, 1.54) is 0 Å². The Labute approximate surface area is 96.5 Å². The Kier molecular flexibility index (Phi) is 3.13. The fourth-order valence-corrected chi connectivity index (χ4v) is 1.88. The average molecular weight is 218 g/mol. The van der Waals surface area contributed by atoms with E-state index in [2.05, 4.69) is 19.2 Å². The first-order chi connectivity index (χ1) is 7.68. The number of benzene rings is 1. The van der Waals surface area contributed by atoms with Crippen LogP contribution in [0.1, 0.15) is 26.7 Å². The van der Waals surface area contributed by atoms with E-state index in [0.717, 1.165) is 18.5 Å². The van der Waals surface area contributed by atoms with Gasteiger partial charge in [0.05, 0.1) is 0 Å².